The van der Waals surface area contributed by atoms with Gasteiger partial charge in [0, 0.05) is 16.6 Å². The SMILES string of the molecule is Cc1ccccc1CNC(=O)c1ccccc1NC(=O)c1ccc(Br)cc1. The molecule has 136 valence electrons. The Morgan fingerprint density at radius 3 is 2.26 bits per heavy atom. The van der Waals surface area contributed by atoms with Crippen LogP contribution in [-0.2, 0) is 6.54 Å². The minimum Gasteiger partial charge on any atom is -0.348 e. The van der Waals surface area contributed by atoms with Gasteiger partial charge in [-0.1, -0.05) is 52.3 Å². The number of halogens is 1. The number of aryl methyl sites for hydroxylation is 1. The third-order valence-electron chi connectivity index (χ3n) is 4.23. The molecule has 2 amide bonds. The summed E-state index contributed by atoms with van der Waals surface area (Å²) < 4.78 is 0.898. The zero-order valence-electron chi connectivity index (χ0n) is 14.8. The molecule has 3 aromatic rings. The quantitative estimate of drug-likeness (QED) is 0.611. The monoisotopic (exact) mass is 422 g/mol. The second kappa shape index (κ2) is 8.64. The first-order valence-corrected chi connectivity index (χ1v) is 9.32. The highest BCUT2D eigenvalue weighted by Crippen LogP contribution is 2.18. The Morgan fingerprint density at radius 2 is 1.52 bits per heavy atom. The molecule has 0 aliphatic carbocycles. The van der Waals surface area contributed by atoms with Gasteiger partial charge in [0.05, 0.1) is 11.3 Å². The topological polar surface area (TPSA) is 58.2 Å². The fourth-order valence-corrected chi connectivity index (χ4v) is 2.93. The molecule has 2 N–H and O–H groups in total. The third kappa shape index (κ3) is 4.83. The van der Waals surface area contributed by atoms with Crippen LogP contribution in [0.5, 0.6) is 0 Å². The molecule has 0 fully saturated rings. The van der Waals surface area contributed by atoms with Crippen LogP contribution in [0, 0.1) is 6.92 Å². The minimum atomic E-state index is -0.262. The van der Waals surface area contributed by atoms with E-state index in [2.05, 4.69) is 26.6 Å². The van der Waals surface area contributed by atoms with Crippen molar-refractivity contribution < 1.29 is 9.59 Å². The number of nitrogens with one attached hydrogen (secondary N) is 2. The zero-order chi connectivity index (χ0) is 19.2. The van der Waals surface area contributed by atoms with Gasteiger partial charge < -0.3 is 10.6 Å². The van der Waals surface area contributed by atoms with Gasteiger partial charge in [0.1, 0.15) is 0 Å². The lowest BCUT2D eigenvalue weighted by Crippen LogP contribution is -2.25. The summed E-state index contributed by atoms with van der Waals surface area (Å²) in [6.07, 6.45) is 0. The van der Waals surface area contributed by atoms with Crippen molar-refractivity contribution >= 4 is 33.4 Å². The van der Waals surface area contributed by atoms with Gasteiger partial charge in [0.2, 0.25) is 0 Å². The average molecular weight is 423 g/mol. The average Bonchev–Trinajstić information content (AvgIpc) is 2.68. The number of anilines is 1. The van der Waals surface area contributed by atoms with E-state index in [1.54, 1.807) is 48.5 Å². The third-order valence-corrected chi connectivity index (χ3v) is 4.76. The summed E-state index contributed by atoms with van der Waals surface area (Å²) in [6.45, 7) is 2.44. The Hall–Kier alpha value is -2.92. The molecule has 0 saturated carbocycles. The van der Waals surface area contributed by atoms with E-state index in [9.17, 15) is 9.59 Å². The molecule has 0 aliphatic rings. The second-order valence-electron chi connectivity index (χ2n) is 6.12. The number of hydrogen-bond acceptors (Lipinski definition) is 2. The number of carbonyl (C=O) groups excluding carboxylic acids is 2. The molecular weight excluding hydrogens is 404 g/mol. The first-order chi connectivity index (χ1) is 13.0. The van der Waals surface area contributed by atoms with E-state index in [0.717, 1.165) is 15.6 Å². The molecule has 27 heavy (non-hydrogen) atoms. The molecule has 0 unspecified atom stereocenters. The van der Waals surface area contributed by atoms with E-state index in [1.807, 2.05) is 31.2 Å². The summed E-state index contributed by atoms with van der Waals surface area (Å²) in [5.41, 5.74) is 3.61. The molecule has 0 saturated heterocycles. The van der Waals surface area contributed by atoms with Gasteiger partial charge in [-0.05, 0) is 54.4 Å². The Kier molecular flexibility index (Phi) is 6.04. The van der Waals surface area contributed by atoms with Crippen LogP contribution in [-0.4, -0.2) is 11.8 Å². The van der Waals surface area contributed by atoms with Gasteiger partial charge in [-0.15, -0.1) is 0 Å². The van der Waals surface area contributed by atoms with Crippen LogP contribution in [0.2, 0.25) is 0 Å². The number of amides is 2. The van der Waals surface area contributed by atoms with Crippen molar-refractivity contribution in [2.24, 2.45) is 0 Å². The Labute approximate surface area is 166 Å². The van der Waals surface area contributed by atoms with Crippen LogP contribution >= 0.6 is 15.9 Å². The van der Waals surface area contributed by atoms with Crippen molar-refractivity contribution in [1.29, 1.82) is 0 Å². The first-order valence-electron chi connectivity index (χ1n) is 8.53. The lowest BCUT2D eigenvalue weighted by Gasteiger charge is -2.12. The van der Waals surface area contributed by atoms with Crippen molar-refractivity contribution in [2.45, 2.75) is 13.5 Å². The molecule has 5 heteroatoms. The Bertz CT molecular complexity index is 968. The van der Waals surface area contributed by atoms with Crippen LogP contribution in [0.15, 0.2) is 77.3 Å². The van der Waals surface area contributed by atoms with E-state index in [-0.39, 0.29) is 11.8 Å². The highest BCUT2D eigenvalue weighted by Gasteiger charge is 2.14. The highest BCUT2D eigenvalue weighted by molar-refractivity contribution is 9.10. The summed E-state index contributed by atoms with van der Waals surface area (Å²) in [5.74, 6) is -0.494. The minimum absolute atomic E-state index is 0.232. The summed E-state index contributed by atoms with van der Waals surface area (Å²) in [7, 11) is 0. The molecule has 0 bridgehead atoms. The van der Waals surface area contributed by atoms with E-state index in [0.29, 0.717) is 23.4 Å². The maximum absolute atomic E-state index is 12.6. The van der Waals surface area contributed by atoms with Crippen LogP contribution in [0.4, 0.5) is 5.69 Å². The molecule has 0 aliphatic heterocycles. The van der Waals surface area contributed by atoms with Crippen molar-refractivity contribution in [3.8, 4) is 0 Å². The molecule has 4 nitrogen and oxygen atoms in total. The van der Waals surface area contributed by atoms with Crippen molar-refractivity contribution in [1.82, 2.24) is 5.32 Å². The van der Waals surface area contributed by atoms with Crippen LogP contribution in [0.3, 0.4) is 0 Å². The Balaban J connectivity index is 1.73. The number of benzene rings is 3. The lowest BCUT2D eigenvalue weighted by atomic mass is 10.1. The zero-order valence-corrected chi connectivity index (χ0v) is 16.4. The van der Waals surface area contributed by atoms with Gasteiger partial charge in [-0.2, -0.15) is 0 Å². The molecule has 0 spiro atoms. The van der Waals surface area contributed by atoms with Crippen LogP contribution < -0.4 is 10.6 Å². The van der Waals surface area contributed by atoms with Gasteiger partial charge in [-0.3, -0.25) is 9.59 Å². The lowest BCUT2D eigenvalue weighted by molar-refractivity contribution is 0.0951. The van der Waals surface area contributed by atoms with Gasteiger partial charge in [-0.25, -0.2) is 0 Å². The fraction of sp³-hybridized carbons (Fsp3) is 0.0909. The standard InChI is InChI=1S/C22H19BrN2O2/c1-15-6-2-3-7-17(15)14-24-22(27)19-8-4-5-9-20(19)25-21(26)16-10-12-18(23)13-11-16/h2-13H,14H2,1H3,(H,24,27)(H,25,26). The molecule has 0 aromatic heterocycles. The van der Waals surface area contributed by atoms with Gasteiger partial charge in [0.15, 0.2) is 0 Å². The second-order valence-corrected chi connectivity index (χ2v) is 7.03. The number of carbonyl (C=O) groups is 2. The number of hydrogen-bond donors (Lipinski definition) is 2. The fourth-order valence-electron chi connectivity index (χ4n) is 2.67. The van der Waals surface area contributed by atoms with E-state index in [1.165, 1.54) is 0 Å². The van der Waals surface area contributed by atoms with Gasteiger partial charge >= 0.3 is 0 Å². The first kappa shape index (κ1) is 18.9. The highest BCUT2D eigenvalue weighted by atomic mass is 79.9. The number of rotatable bonds is 5. The summed E-state index contributed by atoms with van der Waals surface area (Å²) in [4.78, 5) is 25.1. The van der Waals surface area contributed by atoms with Crippen molar-refractivity contribution in [3.05, 3.63) is 99.5 Å². The predicted octanol–water partition coefficient (Wildman–Crippen LogP) is 4.94. The summed E-state index contributed by atoms with van der Waals surface area (Å²) >= 11 is 3.35. The Morgan fingerprint density at radius 1 is 0.852 bits per heavy atom. The molecule has 0 heterocycles. The van der Waals surface area contributed by atoms with Crippen molar-refractivity contribution in [2.75, 3.05) is 5.32 Å². The van der Waals surface area contributed by atoms with E-state index in [4.69, 9.17) is 0 Å². The molecule has 3 rings (SSSR count). The molecule has 3 aromatic carbocycles. The van der Waals surface area contributed by atoms with Crippen LogP contribution in [0.1, 0.15) is 31.8 Å². The molecule has 0 radical (unpaired) electrons. The maximum Gasteiger partial charge on any atom is 0.255 e. The van der Waals surface area contributed by atoms with Crippen LogP contribution in [0.25, 0.3) is 0 Å². The van der Waals surface area contributed by atoms with Gasteiger partial charge in [0.25, 0.3) is 11.8 Å². The normalized spacial score (nSPS) is 10.3. The maximum atomic E-state index is 12.6. The van der Waals surface area contributed by atoms with E-state index >= 15 is 0 Å². The summed E-state index contributed by atoms with van der Waals surface area (Å²) in [5, 5.41) is 5.74. The van der Waals surface area contributed by atoms with Crippen molar-refractivity contribution in [3.63, 3.8) is 0 Å². The van der Waals surface area contributed by atoms with E-state index < -0.39 is 0 Å². The largest absolute Gasteiger partial charge is 0.348 e. The smallest absolute Gasteiger partial charge is 0.255 e. The predicted molar refractivity (Wildman–Crippen MR) is 111 cm³/mol. The molecule has 0 atom stereocenters. The molecular formula is C22H19BrN2O2. The summed E-state index contributed by atoms with van der Waals surface area (Å²) in [6, 6.07) is 21.9. The number of para-hydroxylation sites is 1.